The van der Waals surface area contributed by atoms with Gasteiger partial charge >= 0.3 is 13.7 Å². The summed E-state index contributed by atoms with van der Waals surface area (Å²) >= 11 is 5.97. The highest BCUT2D eigenvalue weighted by molar-refractivity contribution is 7.88. The molecule has 45 heavy (non-hydrogen) atoms. The summed E-state index contributed by atoms with van der Waals surface area (Å²) in [4.78, 5) is 27.6. The van der Waals surface area contributed by atoms with Crippen LogP contribution in [0.1, 0.15) is 40.8 Å². The molecular weight excluding hydrogens is 657 g/mol. The largest absolute Gasteiger partial charge is 0.462 e. The van der Waals surface area contributed by atoms with E-state index in [0.717, 1.165) is 17.6 Å². The number of carbonyl (C=O) groups excluding carboxylic acids is 1. The molecule has 1 aliphatic rings. The van der Waals surface area contributed by atoms with Crippen molar-refractivity contribution in [2.45, 2.75) is 70.5 Å². The standard InChI is InChI=1S/C25H35ClN7O10PS/c1-14(2)40-23(35)24(3,4)30-44(37,42-16-10-8-15(26)9-11-16)43-21-18(34)25(5,36)22(41-21)33-13-29-17-19(27-12-28-20(17)33)32(6)31-45(7,38)39/h8-14,18,21-22,31,34,36H,1-7H3,(H,30,37)/t18?,21?,22-,25-,44?/m1/s1. The number of anilines is 1. The summed E-state index contributed by atoms with van der Waals surface area (Å²) in [7, 11) is -6.88. The smallest absolute Gasteiger partial charge is 0.462 e. The van der Waals surface area contributed by atoms with E-state index in [1.807, 2.05) is 0 Å². The molecule has 1 aromatic carbocycles. The number of nitrogens with zero attached hydrogens (tertiary/aromatic N) is 5. The number of hydrogen-bond donors (Lipinski definition) is 4. The molecule has 0 radical (unpaired) electrons. The molecule has 0 amide bonds. The number of nitrogens with one attached hydrogen (secondary N) is 2. The lowest BCUT2D eigenvalue weighted by molar-refractivity contribution is -0.154. The Morgan fingerprint density at radius 1 is 1.24 bits per heavy atom. The maximum absolute atomic E-state index is 14.3. The highest BCUT2D eigenvalue weighted by Gasteiger charge is 2.57. The van der Waals surface area contributed by atoms with Crippen molar-refractivity contribution in [2.75, 3.05) is 18.3 Å². The van der Waals surface area contributed by atoms with E-state index in [1.165, 1.54) is 63.0 Å². The average molecular weight is 692 g/mol. The average Bonchev–Trinajstić information content (AvgIpc) is 3.42. The third-order valence-electron chi connectivity index (χ3n) is 6.38. The van der Waals surface area contributed by atoms with Crippen LogP contribution < -0.4 is 19.5 Å². The predicted octanol–water partition coefficient (Wildman–Crippen LogP) is 1.87. The number of esters is 1. The van der Waals surface area contributed by atoms with Gasteiger partial charge in [-0.1, -0.05) is 11.6 Å². The molecule has 5 atom stereocenters. The number of sulfonamides is 1. The van der Waals surface area contributed by atoms with Gasteiger partial charge in [-0.3, -0.25) is 18.9 Å². The third-order valence-corrected chi connectivity index (χ3v) is 9.01. The summed E-state index contributed by atoms with van der Waals surface area (Å²) in [5.74, 6) is -0.652. The highest BCUT2D eigenvalue weighted by Crippen LogP contribution is 2.52. The fraction of sp³-hybridized carbons (Fsp3) is 0.520. The molecule has 0 aliphatic carbocycles. The van der Waals surface area contributed by atoms with Gasteiger partial charge in [0.2, 0.25) is 16.3 Å². The normalized spacial score (nSPS) is 23.7. The van der Waals surface area contributed by atoms with Gasteiger partial charge in [-0.05, 0) is 58.9 Å². The second-order valence-corrected chi connectivity index (χ2v) is 15.1. The van der Waals surface area contributed by atoms with E-state index < -0.39 is 59.6 Å². The van der Waals surface area contributed by atoms with Crippen molar-refractivity contribution in [3.8, 4) is 5.75 Å². The fourth-order valence-corrected chi connectivity index (χ4v) is 6.80. The van der Waals surface area contributed by atoms with E-state index in [1.54, 1.807) is 13.8 Å². The lowest BCUT2D eigenvalue weighted by Crippen LogP contribution is -2.49. The van der Waals surface area contributed by atoms with Crippen molar-refractivity contribution in [2.24, 2.45) is 0 Å². The summed E-state index contributed by atoms with van der Waals surface area (Å²) in [6.45, 7) is 7.34. The first-order chi connectivity index (χ1) is 20.7. The van der Waals surface area contributed by atoms with E-state index in [4.69, 9.17) is 30.1 Å². The third kappa shape index (κ3) is 7.90. The molecule has 0 saturated carbocycles. The number of carbonyl (C=O) groups is 1. The van der Waals surface area contributed by atoms with Crippen molar-refractivity contribution < 1.29 is 46.5 Å². The van der Waals surface area contributed by atoms with Crippen LogP contribution in [0.5, 0.6) is 5.75 Å². The molecule has 1 aliphatic heterocycles. The van der Waals surface area contributed by atoms with E-state index in [-0.39, 0.29) is 22.7 Å². The Hall–Kier alpha value is -2.93. The number of benzene rings is 1. The molecule has 17 nitrogen and oxygen atoms in total. The maximum Gasteiger partial charge on any atom is 0.462 e. The quantitative estimate of drug-likeness (QED) is 0.121. The first kappa shape index (κ1) is 34.9. The van der Waals surface area contributed by atoms with Crippen LogP contribution in [0.2, 0.25) is 5.02 Å². The van der Waals surface area contributed by atoms with Gasteiger partial charge in [-0.15, -0.1) is 4.83 Å². The van der Waals surface area contributed by atoms with Gasteiger partial charge in [0, 0.05) is 12.1 Å². The Labute approximate surface area is 264 Å². The van der Waals surface area contributed by atoms with E-state index >= 15 is 0 Å². The molecular formula is C25H35ClN7O10PS. The molecule has 4 rings (SSSR count). The molecule has 1 saturated heterocycles. The number of aromatic nitrogens is 4. The molecule has 0 spiro atoms. The van der Waals surface area contributed by atoms with Crippen LogP contribution in [0.25, 0.3) is 11.2 Å². The van der Waals surface area contributed by atoms with Gasteiger partial charge < -0.3 is 24.2 Å². The van der Waals surface area contributed by atoms with E-state index in [0.29, 0.717) is 5.02 Å². The number of aliphatic hydroxyl groups is 2. The van der Waals surface area contributed by atoms with Crippen LogP contribution in [0, 0.1) is 0 Å². The molecule has 4 N–H and O–H groups in total. The number of rotatable bonds is 12. The second-order valence-electron chi connectivity index (χ2n) is 11.3. The number of imidazole rings is 1. The number of fused-ring (bicyclic) bond motifs is 1. The van der Waals surface area contributed by atoms with Crippen molar-refractivity contribution in [3.63, 3.8) is 0 Å². The topological polar surface area (TPSA) is 217 Å². The highest BCUT2D eigenvalue weighted by atomic mass is 35.5. The Kier molecular flexibility index (Phi) is 9.86. The number of hydrogen-bond acceptors (Lipinski definition) is 14. The number of halogens is 1. The van der Waals surface area contributed by atoms with E-state index in [9.17, 15) is 28.0 Å². The monoisotopic (exact) mass is 691 g/mol. The van der Waals surface area contributed by atoms with E-state index in [2.05, 4.69) is 24.9 Å². The number of hydrazine groups is 1. The van der Waals surface area contributed by atoms with Crippen LogP contribution in [-0.4, -0.2) is 87.1 Å². The zero-order valence-corrected chi connectivity index (χ0v) is 27.9. The van der Waals surface area contributed by atoms with Gasteiger partial charge in [0.05, 0.1) is 18.7 Å². The summed E-state index contributed by atoms with van der Waals surface area (Å²) in [6.07, 6.45) is -2.19. The van der Waals surface area contributed by atoms with Gasteiger partial charge in [0.15, 0.2) is 23.2 Å². The van der Waals surface area contributed by atoms with Crippen LogP contribution in [0.3, 0.4) is 0 Å². The Morgan fingerprint density at radius 2 is 1.89 bits per heavy atom. The van der Waals surface area contributed by atoms with Gasteiger partial charge in [0.25, 0.3) is 0 Å². The zero-order chi connectivity index (χ0) is 33.5. The van der Waals surface area contributed by atoms with Gasteiger partial charge in [-0.25, -0.2) is 27.9 Å². The van der Waals surface area contributed by atoms with Crippen LogP contribution in [0.4, 0.5) is 5.82 Å². The van der Waals surface area contributed by atoms with Crippen LogP contribution in [-0.2, 0) is 33.4 Å². The van der Waals surface area contributed by atoms with Crippen molar-refractivity contribution in [3.05, 3.63) is 41.9 Å². The summed E-state index contributed by atoms with van der Waals surface area (Å²) < 4.78 is 61.6. The summed E-state index contributed by atoms with van der Waals surface area (Å²) in [5.41, 5.74) is -3.51. The second kappa shape index (κ2) is 12.7. The Balaban J connectivity index is 1.67. The zero-order valence-electron chi connectivity index (χ0n) is 25.4. The maximum atomic E-state index is 14.3. The summed E-state index contributed by atoms with van der Waals surface area (Å²) in [6, 6.07) is 5.78. The van der Waals surface area contributed by atoms with Crippen LogP contribution in [0.15, 0.2) is 36.9 Å². The first-order valence-corrected chi connectivity index (χ1v) is 17.2. The van der Waals surface area contributed by atoms with Crippen molar-refractivity contribution in [1.82, 2.24) is 29.4 Å². The Bertz CT molecular complexity index is 1700. The van der Waals surface area contributed by atoms with Gasteiger partial charge in [0.1, 0.15) is 29.3 Å². The molecule has 3 unspecified atom stereocenters. The fourth-order valence-electron chi connectivity index (χ4n) is 4.33. The molecule has 1 fully saturated rings. The first-order valence-electron chi connectivity index (χ1n) is 13.4. The Morgan fingerprint density at radius 3 is 2.49 bits per heavy atom. The van der Waals surface area contributed by atoms with Gasteiger partial charge in [-0.2, -0.15) is 5.09 Å². The molecule has 3 aromatic rings. The predicted molar refractivity (Wildman–Crippen MR) is 161 cm³/mol. The molecule has 3 heterocycles. The lowest BCUT2D eigenvalue weighted by Gasteiger charge is -2.31. The lowest BCUT2D eigenvalue weighted by atomic mass is 9.99. The molecule has 248 valence electrons. The molecule has 20 heteroatoms. The number of ether oxygens (including phenoxy) is 2. The minimum absolute atomic E-state index is 0.0377. The van der Waals surface area contributed by atoms with Crippen LogP contribution >= 0.6 is 19.3 Å². The molecule has 2 aromatic heterocycles. The minimum atomic E-state index is -4.62. The number of aliphatic hydroxyl groups excluding tert-OH is 1. The summed E-state index contributed by atoms with van der Waals surface area (Å²) in [5, 5.41) is 26.6. The SMILES string of the molecule is CC(C)OC(=O)C(C)(C)NP(=O)(Oc1ccc(Cl)cc1)OC1O[C@@H](n2cnc3c(N(C)NS(C)(=O)=O)ncnc32)[C@](C)(O)C1O. The van der Waals surface area contributed by atoms with Crippen molar-refractivity contribution in [1.29, 1.82) is 0 Å². The van der Waals surface area contributed by atoms with Crippen molar-refractivity contribution >= 4 is 52.3 Å². The minimum Gasteiger partial charge on any atom is -0.462 e. The molecule has 0 bridgehead atoms.